The fourth-order valence-corrected chi connectivity index (χ4v) is 2.64. The third-order valence-corrected chi connectivity index (χ3v) is 3.89. The number of rotatable bonds is 5. The molecule has 1 amide bonds. The van der Waals surface area contributed by atoms with E-state index in [9.17, 15) is 14.4 Å². The fourth-order valence-electron chi connectivity index (χ4n) is 2.64. The highest BCUT2D eigenvalue weighted by atomic mass is 16.5. The van der Waals surface area contributed by atoms with E-state index in [4.69, 9.17) is 9.15 Å². The fraction of sp³-hybridized carbons (Fsp3) is 0.150. The summed E-state index contributed by atoms with van der Waals surface area (Å²) >= 11 is 0. The van der Waals surface area contributed by atoms with Gasteiger partial charge in [-0.3, -0.25) is 4.79 Å². The number of carbonyl (C=O) groups excluding carboxylic acids is 3. The van der Waals surface area contributed by atoms with Crippen molar-refractivity contribution in [3.8, 4) is 0 Å². The van der Waals surface area contributed by atoms with Gasteiger partial charge in [0.1, 0.15) is 6.61 Å². The first kappa shape index (κ1) is 18.2. The van der Waals surface area contributed by atoms with Crippen molar-refractivity contribution >= 4 is 34.3 Å². The summed E-state index contributed by atoms with van der Waals surface area (Å²) in [6.07, 6.45) is 1.31. The Morgan fingerprint density at radius 2 is 1.74 bits per heavy atom. The zero-order valence-corrected chi connectivity index (χ0v) is 14.8. The number of ether oxygens (including phenoxy) is 2. The quantitative estimate of drug-likeness (QED) is 0.693. The van der Waals surface area contributed by atoms with E-state index < -0.39 is 11.9 Å². The Labute approximate surface area is 154 Å². The molecule has 7 nitrogen and oxygen atoms in total. The van der Waals surface area contributed by atoms with E-state index in [0.29, 0.717) is 11.3 Å². The molecule has 0 spiro atoms. The van der Waals surface area contributed by atoms with Crippen molar-refractivity contribution < 1.29 is 28.3 Å². The number of nitrogens with one attached hydrogen (secondary N) is 1. The molecule has 1 aromatic heterocycles. The average Bonchev–Trinajstić information content (AvgIpc) is 3.13. The van der Waals surface area contributed by atoms with Crippen LogP contribution in [-0.4, -0.2) is 25.0 Å². The van der Waals surface area contributed by atoms with Crippen LogP contribution in [0.4, 0.5) is 5.69 Å². The van der Waals surface area contributed by atoms with Crippen LogP contribution in [0.1, 0.15) is 33.4 Å². The van der Waals surface area contributed by atoms with E-state index in [0.717, 1.165) is 10.8 Å². The molecule has 0 unspecified atom stereocenters. The van der Waals surface area contributed by atoms with Gasteiger partial charge in [-0.25, -0.2) is 9.59 Å². The molecular weight excluding hydrogens is 350 g/mol. The summed E-state index contributed by atoms with van der Waals surface area (Å²) in [7, 11) is 1.23. The number of furan rings is 1. The second-order valence-corrected chi connectivity index (χ2v) is 5.77. The van der Waals surface area contributed by atoms with Crippen molar-refractivity contribution in [2.75, 3.05) is 12.4 Å². The summed E-state index contributed by atoms with van der Waals surface area (Å²) in [5, 5.41) is 4.35. The van der Waals surface area contributed by atoms with Crippen molar-refractivity contribution in [1.29, 1.82) is 0 Å². The lowest BCUT2D eigenvalue weighted by molar-refractivity contribution is -0.114. The van der Waals surface area contributed by atoms with Crippen LogP contribution in [0.25, 0.3) is 10.8 Å². The third-order valence-electron chi connectivity index (χ3n) is 3.89. The number of hydrogen-bond acceptors (Lipinski definition) is 6. The van der Waals surface area contributed by atoms with Crippen LogP contribution >= 0.6 is 0 Å². The summed E-state index contributed by atoms with van der Waals surface area (Å²) in [4.78, 5) is 35.7. The predicted octanol–water partition coefficient (Wildman–Crippen LogP) is 3.53. The molecule has 0 atom stereocenters. The van der Waals surface area contributed by atoms with Crippen molar-refractivity contribution in [2.24, 2.45) is 0 Å². The minimum absolute atomic E-state index is 0.0223. The van der Waals surface area contributed by atoms with Crippen LogP contribution in [0.3, 0.4) is 0 Å². The maximum Gasteiger partial charge on any atom is 0.374 e. The Hall–Kier alpha value is -3.61. The maximum absolute atomic E-state index is 12.6. The SMILES string of the molecule is COC(=O)c1occc1COC(=O)c1cc2ccccc2cc1NC(C)=O. The van der Waals surface area contributed by atoms with Gasteiger partial charge in [-0.05, 0) is 29.0 Å². The zero-order chi connectivity index (χ0) is 19.4. The van der Waals surface area contributed by atoms with Crippen LogP contribution in [0.15, 0.2) is 53.1 Å². The summed E-state index contributed by atoms with van der Waals surface area (Å²) in [6, 6.07) is 12.3. The van der Waals surface area contributed by atoms with Gasteiger partial charge < -0.3 is 19.2 Å². The van der Waals surface area contributed by atoms with Crippen molar-refractivity contribution in [3.05, 3.63) is 65.6 Å². The standard InChI is InChI=1S/C20H17NO6/c1-12(22)21-17-10-14-6-4-3-5-13(14)9-16(17)19(23)27-11-15-7-8-26-18(15)20(24)25-2/h3-10H,11H2,1-2H3,(H,21,22). The highest BCUT2D eigenvalue weighted by Gasteiger charge is 2.19. The molecule has 3 aromatic rings. The normalized spacial score (nSPS) is 10.4. The van der Waals surface area contributed by atoms with Crippen molar-refractivity contribution in [3.63, 3.8) is 0 Å². The summed E-state index contributed by atoms with van der Waals surface area (Å²) in [5.41, 5.74) is 0.954. The Kier molecular flexibility index (Phi) is 5.21. The predicted molar refractivity (Wildman–Crippen MR) is 97.4 cm³/mol. The Morgan fingerprint density at radius 1 is 1.04 bits per heavy atom. The Balaban J connectivity index is 1.87. The van der Waals surface area contributed by atoms with E-state index in [1.165, 1.54) is 26.4 Å². The Bertz CT molecular complexity index is 1020. The molecule has 0 aliphatic rings. The first-order chi connectivity index (χ1) is 13.0. The number of esters is 2. The summed E-state index contributed by atoms with van der Waals surface area (Å²) in [6.45, 7) is 1.19. The van der Waals surface area contributed by atoms with E-state index >= 15 is 0 Å². The maximum atomic E-state index is 12.6. The first-order valence-electron chi connectivity index (χ1n) is 8.11. The van der Waals surface area contributed by atoms with Crippen LogP contribution in [-0.2, 0) is 20.9 Å². The number of fused-ring (bicyclic) bond motifs is 1. The molecule has 1 heterocycles. The van der Waals surface area contributed by atoms with Crippen LogP contribution in [0.2, 0.25) is 0 Å². The molecule has 0 aliphatic carbocycles. The number of benzene rings is 2. The van der Waals surface area contributed by atoms with Gasteiger partial charge >= 0.3 is 11.9 Å². The molecule has 0 fully saturated rings. The van der Waals surface area contributed by atoms with Gasteiger partial charge in [-0.15, -0.1) is 0 Å². The summed E-state index contributed by atoms with van der Waals surface area (Å²) < 4.78 is 15.0. The second kappa shape index (κ2) is 7.74. The van der Waals surface area contributed by atoms with Gasteiger partial charge in [0.15, 0.2) is 0 Å². The molecule has 0 radical (unpaired) electrons. The van der Waals surface area contributed by atoms with Crippen molar-refractivity contribution in [1.82, 2.24) is 0 Å². The van der Waals surface area contributed by atoms with Crippen molar-refractivity contribution in [2.45, 2.75) is 13.5 Å². The minimum Gasteiger partial charge on any atom is -0.463 e. The molecular formula is C20H17NO6. The van der Waals surface area contributed by atoms with Gasteiger partial charge in [0.2, 0.25) is 11.7 Å². The smallest absolute Gasteiger partial charge is 0.374 e. The van der Waals surface area contributed by atoms with Crippen LogP contribution in [0, 0.1) is 0 Å². The van der Waals surface area contributed by atoms with Gasteiger partial charge in [0, 0.05) is 12.5 Å². The van der Waals surface area contributed by atoms with Gasteiger partial charge in [-0.1, -0.05) is 24.3 Å². The number of carbonyl (C=O) groups is 3. The number of methoxy groups -OCH3 is 1. The summed E-state index contributed by atoms with van der Waals surface area (Å²) in [5.74, 6) is -1.62. The lowest BCUT2D eigenvalue weighted by Gasteiger charge is -2.12. The largest absolute Gasteiger partial charge is 0.463 e. The second-order valence-electron chi connectivity index (χ2n) is 5.77. The van der Waals surface area contributed by atoms with Gasteiger partial charge in [-0.2, -0.15) is 0 Å². The van der Waals surface area contributed by atoms with E-state index in [1.54, 1.807) is 12.1 Å². The van der Waals surface area contributed by atoms with E-state index in [1.807, 2.05) is 24.3 Å². The lowest BCUT2D eigenvalue weighted by atomic mass is 10.0. The molecule has 2 aromatic carbocycles. The van der Waals surface area contributed by atoms with E-state index in [2.05, 4.69) is 10.1 Å². The molecule has 3 rings (SSSR count). The van der Waals surface area contributed by atoms with Gasteiger partial charge in [0.25, 0.3) is 0 Å². The molecule has 138 valence electrons. The monoisotopic (exact) mass is 367 g/mol. The van der Waals surface area contributed by atoms with E-state index in [-0.39, 0.29) is 23.8 Å². The molecule has 7 heteroatoms. The number of anilines is 1. The average molecular weight is 367 g/mol. The minimum atomic E-state index is -0.657. The molecule has 0 bridgehead atoms. The molecule has 1 N–H and O–H groups in total. The van der Waals surface area contributed by atoms with Gasteiger partial charge in [0.05, 0.1) is 24.6 Å². The van der Waals surface area contributed by atoms with Crippen LogP contribution < -0.4 is 5.32 Å². The number of hydrogen-bond donors (Lipinski definition) is 1. The lowest BCUT2D eigenvalue weighted by Crippen LogP contribution is -2.13. The third kappa shape index (κ3) is 3.98. The Morgan fingerprint density at radius 3 is 2.41 bits per heavy atom. The van der Waals surface area contributed by atoms with Crippen LogP contribution in [0.5, 0.6) is 0 Å². The number of amides is 1. The molecule has 27 heavy (non-hydrogen) atoms. The topological polar surface area (TPSA) is 94.8 Å². The zero-order valence-electron chi connectivity index (χ0n) is 14.8. The molecule has 0 aliphatic heterocycles. The first-order valence-corrected chi connectivity index (χ1v) is 8.11. The molecule has 0 saturated carbocycles. The highest BCUT2D eigenvalue weighted by Crippen LogP contribution is 2.25. The highest BCUT2D eigenvalue weighted by molar-refractivity contribution is 6.05. The molecule has 0 saturated heterocycles.